The SMILES string of the molecule is CNCc1c(F)cccc1N1CCC(C(=O)NC)CC1. The van der Waals surface area contributed by atoms with E-state index in [1.807, 2.05) is 13.1 Å². The van der Waals surface area contributed by atoms with Crippen molar-refractivity contribution in [3.63, 3.8) is 0 Å². The topological polar surface area (TPSA) is 44.4 Å². The lowest BCUT2D eigenvalue weighted by molar-refractivity contribution is -0.125. The van der Waals surface area contributed by atoms with Crippen molar-refractivity contribution in [3.05, 3.63) is 29.6 Å². The fraction of sp³-hybridized carbons (Fsp3) is 0.533. The summed E-state index contributed by atoms with van der Waals surface area (Å²) in [6, 6.07) is 5.19. The number of rotatable bonds is 4. The smallest absolute Gasteiger partial charge is 0.222 e. The van der Waals surface area contributed by atoms with Crippen LogP contribution in [0.5, 0.6) is 0 Å². The maximum atomic E-state index is 13.9. The van der Waals surface area contributed by atoms with Crippen molar-refractivity contribution >= 4 is 11.6 Å². The standard InChI is InChI=1S/C15H22FN3O/c1-17-10-12-13(16)4-3-5-14(12)19-8-6-11(7-9-19)15(20)18-2/h3-5,11,17H,6-10H2,1-2H3,(H,18,20). The molecule has 1 aromatic rings. The first-order valence-corrected chi connectivity index (χ1v) is 7.06. The molecule has 0 atom stereocenters. The normalized spacial score (nSPS) is 16.2. The van der Waals surface area contributed by atoms with Gasteiger partial charge in [0.05, 0.1) is 0 Å². The highest BCUT2D eigenvalue weighted by molar-refractivity contribution is 5.78. The Hall–Kier alpha value is -1.62. The van der Waals surface area contributed by atoms with Gasteiger partial charge in [-0.2, -0.15) is 0 Å². The zero-order valence-electron chi connectivity index (χ0n) is 12.1. The van der Waals surface area contributed by atoms with E-state index in [-0.39, 0.29) is 17.6 Å². The Morgan fingerprint density at radius 1 is 1.35 bits per heavy atom. The zero-order chi connectivity index (χ0) is 14.5. The van der Waals surface area contributed by atoms with E-state index in [4.69, 9.17) is 0 Å². The molecule has 2 N–H and O–H groups in total. The van der Waals surface area contributed by atoms with Crippen LogP contribution in [-0.2, 0) is 11.3 Å². The number of carbonyl (C=O) groups excluding carboxylic acids is 1. The Bertz CT molecular complexity index is 470. The largest absolute Gasteiger partial charge is 0.371 e. The Labute approximate surface area is 119 Å². The Morgan fingerprint density at radius 2 is 2.05 bits per heavy atom. The van der Waals surface area contributed by atoms with Gasteiger partial charge in [0.2, 0.25) is 5.91 Å². The number of anilines is 1. The molecule has 0 spiro atoms. The Morgan fingerprint density at radius 3 is 2.65 bits per heavy atom. The third-order valence-electron chi connectivity index (χ3n) is 3.90. The number of hydrogen-bond donors (Lipinski definition) is 2. The van der Waals surface area contributed by atoms with Gasteiger partial charge in [0.15, 0.2) is 0 Å². The van der Waals surface area contributed by atoms with Crippen molar-refractivity contribution in [2.75, 3.05) is 32.1 Å². The van der Waals surface area contributed by atoms with Crippen LogP contribution < -0.4 is 15.5 Å². The minimum atomic E-state index is -0.176. The molecule has 1 aliphatic rings. The van der Waals surface area contributed by atoms with Crippen LogP contribution in [0.25, 0.3) is 0 Å². The molecule has 20 heavy (non-hydrogen) atoms. The number of carbonyl (C=O) groups is 1. The first-order chi connectivity index (χ1) is 9.67. The molecule has 1 aromatic carbocycles. The van der Waals surface area contributed by atoms with Gasteiger partial charge in [0.1, 0.15) is 5.82 Å². The second kappa shape index (κ2) is 6.70. The second-order valence-electron chi connectivity index (χ2n) is 5.14. The number of nitrogens with zero attached hydrogens (tertiary/aromatic N) is 1. The molecule has 1 aliphatic heterocycles. The molecule has 0 aliphatic carbocycles. The van der Waals surface area contributed by atoms with Crippen molar-refractivity contribution in [2.45, 2.75) is 19.4 Å². The number of amides is 1. The zero-order valence-corrected chi connectivity index (χ0v) is 12.1. The van der Waals surface area contributed by atoms with Crippen LogP contribution >= 0.6 is 0 Å². The van der Waals surface area contributed by atoms with Gasteiger partial charge in [-0.15, -0.1) is 0 Å². The lowest BCUT2D eigenvalue weighted by Gasteiger charge is -2.34. The molecule has 1 saturated heterocycles. The van der Waals surface area contributed by atoms with Crippen LogP contribution in [0.3, 0.4) is 0 Å². The van der Waals surface area contributed by atoms with Gasteiger partial charge in [-0.3, -0.25) is 4.79 Å². The van der Waals surface area contributed by atoms with E-state index in [0.29, 0.717) is 12.1 Å². The van der Waals surface area contributed by atoms with E-state index in [0.717, 1.165) is 31.6 Å². The molecule has 0 aromatic heterocycles. The van der Waals surface area contributed by atoms with Crippen LogP contribution in [-0.4, -0.2) is 33.1 Å². The van der Waals surface area contributed by atoms with Gasteiger partial charge in [0, 0.05) is 43.9 Å². The number of halogens is 1. The third-order valence-corrected chi connectivity index (χ3v) is 3.90. The number of nitrogens with one attached hydrogen (secondary N) is 2. The summed E-state index contributed by atoms with van der Waals surface area (Å²) in [5, 5.41) is 5.71. The van der Waals surface area contributed by atoms with Gasteiger partial charge in [0.25, 0.3) is 0 Å². The highest BCUT2D eigenvalue weighted by Gasteiger charge is 2.25. The van der Waals surface area contributed by atoms with Crippen molar-refractivity contribution in [1.82, 2.24) is 10.6 Å². The Kier molecular flexibility index (Phi) is 4.95. The average molecular weight is 279 g/mol. The quantitative estimate of drug-likeness (QED) is 0.878. The monoisotopic (exact) mass is 279 g/mol. The second-order valence-corrected chi connectivity index (χ2v) is 5.14. The van der Waals surface area contributed by atoms with Gasteiger partial charge in [-0.1, -0.05) is 6.07 Å². The molecule has 1 amide bonds. The summed E-state index contributed by atoms with van der Waals surface area (Å²) in [6.07, 6.45) is 1.63. The molecule has 2 rings (SSSR count). The molecule has 1 fully saturated rings. The van der Waals surface area contributed by atoms with E-state index in [9.17, 15) is 9.18 Å². The maximum absolute atomic E-state index is 13.9. The third kappa shape index (κ3) is 3.10. The van der Waals surface area contributed by atoms with Gasteiger partial charge in [-0.25, -0.2) is 4.39 Å². The van der Waals surface area contributed by atoms with Crippen LogP contribution in [0, 0.1) is 11.7 Å². The van der Waals surface area contributed by atoms with Crippen LogP contribution in [0.2, 0.25) is 0 Å². The van der Waals surface area contributed by atoms with Crippen molar-refractivity contribution in [1.29, 1.82) is 0 Å². The predicted octanol–water partition coefficient (Wildman–Crippen LogP) is 1.51. The fourth-order valence-electron chi connectivity index (χ4n) is 2.78. The van der Waals surface area contributed by atoms with E-state index < -0.39 is 0 Å². The molecule has 5 heteroatoms. The van der Waals surface area contributed by atoms with Crippen molar-refractivity contribution < 1.29 is 9.18 Å². The summed E-state index contributed by atoms with van der Waals surface area (Å²) in [7, 11) is 3.49. The molecule has 4 nitrogen and oxygen atoms in total. The minimum absolute atomic E-state index is 0.0811. The van der Waals surface area contributed by atoms with Gasteiger partial charge < -0.3 is 15.5 Å². The first kappa shape index (κ1) is 14.8. The van der Waals surface area contributed by atoms with Crippen molar-refractivity contribution in [3.8, 4) is 0 Å². The van der Waals surface area contributed by atoms with E-state index in [1.54, 1.807) is 13.1 Å². The van der Waals surface area contributed by atoms with E-state index >= 15 is 0 Å². The number of benzene rings is 1. The molecule has 0 saturated carbocycles. The highest BCUT2D eigenvalue weighted by Crippen LogP contribution is 2.28. The highest BCUT2D eigenvalue weighted by atomic mass is 19.1. The van der Waals surface area contributed by atoms with Gasteiger partial charge >= 0.3 is 0 Å². The average Bonchev–Trinajstić information content (AvgIpc) is 2.49. The summed E-state index contributed by atoms with van der Waals surface area (Å²) >= 11 is 0. The minimum Gasteiger partial charge on any atom is -0.371 e. The van der Waals surface area contributed by atoms with E-state index in [2.05, 4.69) is 15.5 Å². The number of hydrogen-bond acceptors (Lipinski definition) is 3. The number of piperidine rings is 1. The molecule has 0 unspecified atom stereocenters. The molecular formula is C15H22FN3O. The van der Waals surface area contributed by atoms with Crippen molar-refractivity contribution in [2.24, 2.45) is 5.92 Å². The lowest BCUT2D eigenvalue weighted by Crippen LogP contribution is -2.40. The van der Waals surface area contributed by atoms with E-state index in [1.165, 1.54) is 6.07 Å². The summed E-state index contributed by atoms with van der Waals surface area (Å²) in [5.74, 6) is 0.0159. The molecule has 110 valence electrons. The van der Waals surface area contributed by atoms with Crippen LogP contribution in [0.4, 0.5) is 10.1 Å². The fourth-order valence-corrected chi connectivity index (χ4v) is 2.78. The Balaban J connectivity index is 2.10. The summed E-state index contributed by atoms with van der Waals surface area (Å²) < 4.78 is 13.9. The molecular weight excluding hydrogens is 257 g/mol. The molecule has 1 heterocycles. The van der Waals surface area contributed by atoms with Crippen LogP contribution in [0.1, 0.15) is 18.4 Å². The maximum Gasteiger partial charge on any atom is 0.222 e. The first-order valence-electron chi connectivity index (χ1n) is 7.06. The van der Waals surface area contributed by atoms with Gasteiger partial charge in [-0.05, 0) is 32.0 Å². The van der Waals surface area contributed by atoms with Crippen LogP contribution in [0.15, 0.2) is 18.2 Å². The summed E-state index contributed by atoms with van der Waals surface area (Å²) in [6.45, 7) is 2.09. The molecule has 0 radical (unpaired) electrons. The lowest BCUT2D eigenvalue weighted by atomic mass is 9.95. The molecule has 0 bridgehead atoms. The predicted molar refractivity (Wildman–Crippen MR) is 78.2 cm³/mol. The summed E-state index contributed by atoms with van der Waals surface area (Å²) in [5.41, 5.74) is 1.64. The summed E-state index contributed by atoms with van der Waals surface area (Å²) in [4.78, 5) is 13.8.